The highest BCUT2D eigenvalue weighted by Gasteiger charge is 2.31. The molecule has 0 aliphatic rings. The first-order valence-electron chi connectivity index (χ1n) is 9.58. The Morgan fingerprint density at radius 2 is 1.63 bits per heavy atom. The molecule has 0 radical (unpaired) electrons. The van der Waals surface area contributed by atoms with Crippen LogP contribution in [0.4, 0.5) is 4.39 Å². The monoisotopic (exact) mass is 432 g/mol. The van der Waals surface area contributed by atoms with Gasteiger partial charge in [-0.25, -0.2) is 17.5 Å². The van der Waals surface area contributed by atoms with E-state index in [9.17, 15) is 22.4 Å². The fourth-order valence-electron chi connectivity index (χ4n) is 2.88. The third-order valence-electron chi connectivity index (χ3n) is 4.52. The maximum atomic E-state index is 13.2. The molecule has 0 aliphatic heterocycles. The molecular formula is C22H25FN2O4S. The van der Waals surface area contributed by atoms with E-state index < -0.39 is 33.6 Å². The number of rotatable bonds is 9. The number of hydrogen-bond acceptors (Lipinski definition) is 4. The van der Waals surface area contributed by atoms with Crippen LogP contribution in [0.25, 0.3) is 6.08 Å². The van der Waals surface area contributed by atoms with Crippen molar-refractivity contribution in [3.63, 3.8) is 0 Å². The van der Waals surface area contributed by atoms with Crippen LogP contribution in [-0.2, 0) is 26.0 Å². The van der Waals surface area contributed by atoms with Gasteiger partial charge in [0.25, 0.3) is 10.0 Å². The number of hydrogen-bond donors (Lipinski definition) is 1. The first-order chi connectivity index (χ1) is 14.3. The molecule has 2 rings (SSSR count). The van der Waals surface area contributed by atoms with Crippen LogP contribution < -0.4 is 4.72 Å². The molecule has 0 fully saturated rings. The molecule has 8 heteroatoms. The molecule has 1 atom stereocenters. The van der Waals surface area contributed by atoms with E-state index in [0.29, 0.717) is 24.2 Å². The van der Waals surface area contributed by atoms with E-state index in [-0.39, 0.29) is 6.42 Å². The predicted molar refractivity (Wildman–Crippen MR) is 114 cm³/mol. The Kier molecular flexibility index (Phi) is 8.29. The normalized spacial score (nSPS) is 12.5. The molecule has 0 saturated carbocycles. The topological polar surface area (TPSA) is 83.6 Å². The van der Waals surface area contributed by atoms with E-state index in [1.54, 1.807) is 44.2 Å². The number of amides is 2. The predicted octanol–water partition coefficient (Wildman–Crippen LogP) is 2.97. The highest BCUT2D eigenvalue weighted by molar-refractivity contribution is 7.93. The molecule has 160 valence electrons. The van der Waals surface area contributed by atoms with Crippen LogP contribution in [0.5, 0.6) is 0 Å². The van der Waals surface area contributed by atoms with Crippen LogP contribution in [0.2, 0.25) is 0 Å². The molecular weight excluding hydrogens is 407 g/mol. The fourth-order valence-corrected chi connectivity index (χ4v) is 3.71. The summed E-state index contributed by atoms with van der Waals surface area (Å²) in [5.74, 6) is -3.10. The third kappa shape index (κ3) is 6.81. The van der Waals surface area contributed by atoms with Gasteiger partial charge in [-0.1, -0.05) is 42.5 Å². The van der Waals surface area contributed by atoms with Crippen LogP contribution in [0, 0.1) is 11.7 Å². The summed E-state index contributed by atoms with van der Waals surface area (Å²) in [4.78, 5) is 27.1. The van der Waals surface area contributed by atoms with Crippen molar-refractivity contribution in [2.24, 2.45) is 5.92 Å². The summed E-state index contributed by atoms with van der Waals surface area (Å²) in [6.45, 7) is 4.30. The van der Waals surface area contributed by atoms with Gasteiger partial charge in [0.2, 0.25) is 11.8 Å². The summed E-state index contributed by atoms with van der Waals surface area (Å²) in [6, 6.07) is 14.1. The van der Waals surface area contributed by atoms with Crippen LogP contribution >= 0.6 is 0 Å². The summed E-state index contributed by atoms with van der Waals surface area (Å²) < 4.78 is 39.9. The lowest BCUT2D eigenvalue weighted by atomic mass is 9.97. The number of carbonyl (C=O) groups excluding carboxylic acids is 2. The highest BCUT2D eigenvalue weighted by atomic mass is 32.2. The first-order valence-corrected chi connectivity index (χ1v) is 11.1. The zero-order chi connectivity index (χ0) is 22.1. The van der Waals surface area contributed by atoms with Crippen LogP contribution in [0.1, 0.15) is 25.0 Å². The number of nitrogens with zero attached hydrogens (tertiary/aromatic N) is 1. The van der Waals surface area contributed by atoms with E-state index in [1.165, 1.54) is 35.2 Å². The molecule has 0 spiro atoms. The molecule has 30 heavy (non-hydrogen) atoms. The van der Waals surface area contributed by atoms with Crippen molar-refractivity contribution >= 4 is 27.9 Å². The van der Waals surface area contributed by atoms with Gasteiger partial charge in [0.15, 0.2) is 0 Å². The van der Waals surface area contributed by atoms with Crippen LogP contribution in [0.3, 0.4) is 0 Å². The van der Waals surface area contributed by atoms with Gasteiger partial charge in [-0.15, -0.1) is 0 Å². The second-order valence-electron chi connectivity index (χ2n) is 6.62. The number of nitrogens with one attached hydrogen (secondary N) is 1. The largest absolute Gasteiger partial charge is 0.343 e. The summed E-state index contributed by atoms with van der Waals surface area (Å²) in [6.07, 6.45) is 1.32. The summed E-state index contributed by atoms with van der Waals surface area (Å²) >= 11 is 0. The Balaban J connectivity index is 2.23. The Labute approximate surface area is 176 Å². The van der Waals surface area contributed by atoms with E-state index in [4.69, 9.17) is 0 Å². The van der Waals surface area contributed by atoms with Crippen molar-refractivity contribution in [2.75, 3.05) is 13.1 Å². The summed E-state index contributed by atoms with van der Waals surface area (Å²) in [5.41, 5.74) is 1.20. The highest BCUT2D eigenvalue weighted by Crippen LogP contribution is 2.15. The number of carbonyl (C=O) groups is 2. The van der Waals surface area contributed by atoms with Gasteiger partial charge in [0.05, 0.1) is 5.41 Å². The summed E-state index contributed by atoms with van der Waals surface area (Å²) in [5, 5.41) is 0.886. The third-order valence-corrected chi connectivity index (χ3v) is 5.50. The average molecular weight is 433 g/mol. The maximum absolute atomic E-state index is 13.2. The second kappa shape index (κ2) is 10.7. The minimum absolute atomic E-state index is 0.0423. The zero-order valence-electron chi connectivity index (χ0n) is 16.9. The van der Waals surface area contributed by atoms with Crippen molar-refractivity contribution in [1.82, 2.24) is 9.62 Å². The fraction of sp³-hybridized carbons (Fsp3) is 0.273. The Hall–Kier alpha value is -3.00. The molecule has 1 unspecified atom stereocenters. The van der Waals surface area contributed by atoms with Crippen molar-refractivity contribution in [3.8, 4) is 0 Å². The number of benzene rings is 2. The number of sulfonamides is 1. The Bertz CT molecular complexity index is 986. The van der Waals surface area contributed by atoms with Gasteiger partial charge in [-0.05, 0) is 49.6 Å². The lowest BCUT2D eigenvalue weighted by Crippen LogP contribution is -2.45. The molecule has 0 saturated heterocycles. The molecule has 2 amide bonds. The minimum Gasteiger partial charge on any atom is -0.343 e. The van der Waals surface area contributed by atoms with Gasteiger partial charge in [-0.2, -0.15) is 0 Å². The molecule has 0 bridgehead atoms. The quantitative estimate of drug-likeness (QED) is 0.618. The lowest BCUT2D eigenvalue weighted by Gasteiger charge is -2.24. The van der Waals surface area contributed by atoms with Crippen LogP contribution in [0.15, 0.2) is 60.0 Å². The molecule has 2 aromatic carbocycles. The molecule has 1 N–H and O–H groups in total. The van der Waals surface area contributed by atoms with Gasteiger partial charge in [0, 0.05) is 13.1 Å². The van der Waals surface area contributed by atoms with Crippen molar-refractivity contribution in [1.29, 1.82) is 0 Å². The average Bonchev–Trinajstić information content (AvgIpc) is 2.73. The molecule has 0 heterocycles. The minimum atomic E-state index is -4.11. The van der Waals surface area contributed by atoms with Crippen molar-refractivity contribution < 1.29 is 22.4 Å². The van der Waals surface area contributed by atoms with E-state index >= 15 is 0 Å². The van der Waals surface area contributed by atoms with Crippen molar-refractivity contribution in [2.45, 2.75) is 20.3 Å². The van der Waals surface area contributed by atoms with E-state index in [0.717, 1.165) is 5.41 Å². The molecule has 6 nitrogen and oxygen atoms in total. The Morgan fingerprint density at radius 3 is 2.20 bits per heavy atom. The molecule has 0 aromatic heterocycles. The summed E-state index contributed by atoms with van der Waals surface area (Å²) in [7, 11) is -4.11. The Morgan fingerprint density at radius 1 is 1.03 bits per heavy atom. The number of halogens is 1. The van der Waals surface area contributed by atoms with E-state index in [2.05, 4.69) is 0 Å². The first kappa shape index (κ1) is 23.3. The molecule has 2 aromatic rings. The van der Waals surface area contributed by atoms with E-state index in [1.807, 2.05) is 4.72 Å². The lowest BCUT2D eigenvalue weighted by molar-refractivity contribution is -0.141. The van der Waals surface area contributed by atoms with Gasteiger partial charge >= 0.3 is 0 Å². The van der Waals surface area contributed by atoms with Gasteiger partial charge < -0.3 is 4.90 Å². The van der Waals surface area contributed by atoms with Crippen LogP contribution in [-0.4, -0.2) is 38.2 Å². The zero-order valence-corrected chi connectivity index (χ0v) is 17.7. The standard InChI is InChI=1S/C22H25FN2O4S/c1-3-25(4-2)22(27)20(16-18-10-12-19(23)13-11-18)21(26)24-30(28,29)15-14-17-8-6-5-7-9-17/h5-15,20H,3-4,16H2,1-2H3,(H,24,26)/b15-14+. The SMILES string of the molecule is CCN(CC)C(=O)C(Cc1ccc(F)cc1)C(=O)NS(=O)(=O)/C=C/c1ccccc1. The van der Waals surface area contributed by atoms with Crippen molar-refractivity contribution in [3.05, 3.63) is 76.9 Å². The smallest absolute Gasteiger partial charge is 0.257 e. The molecule has 0 aliphatic carbocycles. The maximum Gasteiger partial charge on any atom is 0.257 e. The van der Waals surface area contributed by atoms with Gasteiger partial charge in [-0.3, -0.25) is 9.59 Å². The second-order valence-corrected chi connectivity index (χ2v) is 8.18. The van der Waals surface area contributed by atoms with Gasteiger partial charge in [0.1, 0.15) is 11.7 Å².